The van der Waals surface area contributed by atoms with Crippen LogP contribution in [0.4, 0.5) is 0 Å². The van der Waals surface area contributed by atoms with Crippen LogP contribution < -0.4 is 0 Å². The van der Waals surface area contributed by atoms with E-state index in [1.54, 1.807) is 0 Å². The minimum atomic E-state index is -1.60. The van der Waals surface area contributed by atoms with E-state index in [1.165, 1.54) is 57.8 Å². The zero-order valence-electron chi connectivity index (χ0n) is 48.9. The molecule has 448 valence electrons. The summed E-state index contributed by atoms with van der Waals surface area (Å²) in [6.07, 6.45) is 3.68. The number of aliphatic hydroxyl groups excluding tert-OH is 1. The van der Waals surface area contributed by atoms with Gasteiger partial charge in [0, 0.05) is 11.3 Å². The molecule has 84 heavy (non-hydrogen) atoms. The molecule has 14 nitrogen and oxygen atoms in total. The highest BCUT2D eigenvalue weighted by Crippen LogP contribution is 2.38. The standard InChI is InChI=1S/C70H87N3O11/c1-2-3-4-5-6-7-8-9-10-11-12-13-32-45-60(74)83-65-62(75)66(68(80-50-57-41-28-18-29-42-57)69(81-51-58-43-30-19-31-44-58)67(65)79-49-56-39-26-17-27-40-56)84-70-61(72-73-71)64(78-48-55-37-24-16-25-38-55)63(77-47-54-35-22-15-23-36-54)59(82-70)52-76-46-53-33-20-14-21-34-53/h14-31,33-44,59,61-70,75H,2-13,32,45-52H2,1H3/t59?,61?,62?,63-,64-,65-,66+,67?,68+,69?,70+/m0/s1. The quantitative estimate of drug-likeness (QED) is 0.0129. The average Bonchev–Trinajstić information content (AvgIpc) is 2.74. The highest BCUT2D eigenvalue weighted by atomic mass is 16.7. The predicted octanol–water partition coefficient (Wildman–Crippen LogP) is 14.7. The van der Waals surface area contributed by atoms with Crippen molar-refractivity contribution >= 4 is 5.97 Å². The molecular weight excluding hydrogens is 1060 g/mol. The van der Waals surface area contributed by atoms with Crippen LogP contribution in [0.25, 0.3) is 10.4 Å². The van der Waals surface area contributed by atoms with E-state index in [9.17, 15) is 15.4 Å². The van der Waals surface area contributed by atoms with Crippen LogP contribution in [-0.4, -0.2) is 85.0 Å². The van der Waals surface area contributed by atoms with Crippen molar-refractivity contribution in [3.8, 4) is 0 Å². The van der Waals surface area contributed by atoms with E-state index in [-0.39, 0.29) is 52.7 Å². The number of carbonyl (C=O) groups is 1. The molecule has 0 amide bonds. The van der Waals surface area contributed by atoms with E-state index >= 15 is 0 Å². The Balaban J connectivity index is 1.12. The summed E-state index contributed by atoms with van der Waals surface area (Å²) < 4.78 is 61.7. The molecule has 1 saturated carbocycles. The zero-order valence-corrected chi connectivity index (χ0v) is 48.9. The van der Waals surface area contributed by atoms with Gasteiger partial charge in [-0.3, -0.25) is 4.79 Å². The summed E-state index contributed by atoms with van der Waals surface area (Å²) in [4.78, 5) is 17.7. The molecule has 11 atom stereocenters. The molecule has 1 saturated heterocycles. The van der Waals surface area contributed by atoms with Crippen molar-refractivity contribution in [2.75, 3.05) is 6.61 Å². The summed E-state index contributed by atoms with van der Waals surface area (Å²) in [6.45, 7) is 3.13. The third kappa shape index (κ3) is 20.8. The SMILES string of the molecule is CCCCCCCCCCCCCCCC(=O)O[C@@H]1C(OCc2ccccc2)C(OCc2ccccc2)[C@H](OCc2ccccc2)[C@H](O[C@H]2OC(COCc3ccccc3)[C@H](OCc3ccccc3)[C@@H](OCc3ccccc3)C2N=[N+]=[N-])C1O. The van der Waals surface area contributed by atoms with Crippen LogP contribution in [0.3, 0.4) is 0 Å². The number of ether oxygens (including phenoxy) is 9. The molecule has 0 aromatic heterocycles. The van der Waals surface area contributed by atoms with Crippen molar-refractivity contribution in [3.05, 3.63) is 226 Å². The van der Waals surface area contributed by atoms with E-state index in [0.717, 1.165) is 52.6 Å². The largest absolute Gasteiger partial charge is 0.457 e. The van der Waals surface area contributed by atoms with Gasteiger partial charge in [0.05, 0.1) is 46.2 Å². The van der Waals surface area contributed by atoms with Crippen LogP contribution in [0, 0.1) is 0 Å². The van der Waals surface area contributed by atoms with Crippen molar-refractivity contribution in [3.63, 3.8) is 0 Å². The highest BCUT2D eigenvalue weighted by molar-refractivity contribution is 5.69. The molecule has 8 rings (SSSR count). The Bertz CT molecular complexity index is 2750. The molecule has 6 aromatic rings. The number of benzene rings is 6. The van der Waals surface area contributed by atoms with Gasteiger partial charge in [-0.25, -0.2) is 0 Å². The molecule has 14 heteroatoms. The Kier molecular flexibility index (Phi) is 27.7. The first kappa shape index (κ1) is 63.8. The second kappa shape index (κ2) is 36.6. The van der Waals surface area contributed by atoms with Gasteiger partial charge in [0.2, 0.25) is 0 Å². The van der Waals surface area contributed by atoms with E-state index in [4.69, 9.17) is 42.6 Å². The van der Waals surface area contributed by atoms with E-state index in [1.807, 2.05) is 182 Å². The Hall–Kier alpha value is -6.26. The van der Waals surface area contributed by atoms with Crippen molar-refractivity contribution in [2.45, 2.75) is 204 Å². The normalized spacial score (nSPS) is 23.1. The fraction of sp³-hybridized carbons (Fsp3) is 0.471. The Morgan fingerprint density at radius 3 is 1.20 bits per heavy atom. The van der Waals surface area contributed by atoms with Crippen LogP contribution in [0.1, 0.15) is 130 Å². The molecule has 2 aliphatic rings. The number of azide groups is 1. The molecule has 1 heterocycles. The van der Waals surface area contributed by atoms with Gasteiger partial charge in [0.15, 0.2) is 12.4 Å². The number of unbranched alkanes of at least 4 members (excludes halogenated alkanes) is 12. The molecule has 1 aliphatic heterocycles. The van der Waals surface area contributed by atoms with Gasteiger partial charge >= 0.3 is 5.97 Å². The molecule has 0 bridgehead atoms. The van der Waals surface area contributed by atoms with Gasteiger partial charge in [-0.15, -0.1) is 0 Å². The zero-order chi connectivity index (χ0) is 58.2. The van der Waals surface area contributed by atoms with E-state index < -0.39 is 73.2 Å². The Labute approximate surface area is 497 Å². The van der Waals surface area contributed by atoms with Gasteiger partial charge in [-0.2, -0.15) is 0 Å². The van der Waals surface area contributed by atoms with Crippen molar-refractivity contribution in [1.82, 2.24) is 0 Å². The number of aliphatic hydroxyl groups is 1. The number of hydrogen-bond acceptors (Lipinski definition) is 12. The first-order chi connectivity index (χ1) is 41.5. The summed E-state index contributed by atoms with van der Waals surface area (Å²) in [7, 11) is 0. The van der Waals surface area contributed by atoms with Gasteiger partial charge in [-0.1, -0.05) is 271 Å². The third-order valence-corrected chi connectivity index (χ3v) is 15.6. The maximum atomic E-state index is 14.3. The second-order valence-corrected chi connectivity index (χ2v) is 22.1. The molecule has 5 unspecified atom stereocenters. The van der Waals surface area contributed by atoms with Gasteiger partial charge in [0.1, 0.15) is 54.9 Å². The number of hydrogen-bond donors (Lipinski definition) is 1. The second-order valence-electron chi connectivity index (χ2n) is 22.1. The summed E-state index contributed by atoms with van der Waals surface area (Å²) >= 11 is 0. The minimum Gasteiger partial charge on any atom is -0.457 e. The maximum absolute atomic E-state index is 14.3. The van der Waals surface area contributed by atoms with Crippen LogP contribution in [0.5, 0.6) is 0 Å². The first-order valence-corrected chi connectivity index (χ1v) is 30.6. The van der Waals surface area contributed by atoms with Gasteiger partial charge in [-0.05, 0) is 45.3 Å². The van der Waals surface area contributed by atoms with Crippen molar-refractivity contribution in [1.29, 1.82) is 0 Å². The van der Waals surface area contributed by atoms with Crippen LogP contribution in [0.15, 0.2) is 187 Å². The van der Waals surface area contributed by atoms with Crippen LogP contribution >= 0.6 is 0 Å². The fourth-order valence-electron chi connectivity index (χ4n) is 11.1. The summed E-state index contributed by atoms with van der Waals surface area (Å²) in [5.74, 6) is -0.482. The van der Waals surface area contributed by atoms with E-state index in [0.29, 0.717) is 6.42 Å². The third-order valence-electron chi connectivity index (χ3n) is 15.6. The van der Waals surface area contributed by atoms with Crippen molar-refractivity contribution in [2.24, 2.45) is 5.11 Å². The molecule has 1 aliphatic carbocycles. The number of carbonyl (C=O) groups excluding carboxylic acids is 1. The fourth-order valence-corrected chi connectivity index (χ4v) is 11.1. The molecular formula is C70H87N3O11. The molecule has 0 radical (unpaired) electrons. The number of nitrogens with zero attached hydrogens (tertiary/aromatic N) is 3. The lowest BCUT2D eigenvalue weighted by Crippen LogP contribution is -2.69. The number of rotatable bonds is 37. The van der Waals surface area contributed by atoms with Crippen LogP contribution in [0.2, 0.25) is 0 Å². The first-order valence-electron chi connectivity index (χ1n) is 30.6. The topological polar surface area (TPSA) is 169 Å². The highest BCUT2D eigenvalue weighted by Gasteiger charge is 2.58. The maximum Gasteiger partial charge on any atom is 0.306 e. The summed E-state index contributed by atoms with van der Waals surface area (Å²) in [5, 5.41) is 17.6. The molecule has 1 N–H and O–H groups in total. The number of esters is 1. The van der Waals surface area contributed by atoms with Gasteiger partial charge in [0.25, 0.3) is 0 Å². The lowest BCUT2D eigenvalue weighted by atomic mass is 9.83. The lowest BCUT2D eigenvalue weighted by molar-refractivity contribution is -0.336. The van der Waals surface area contributed by atoms with Crippen molar-refractivity contribution < 1.29 is 52.5 Å². The molecule has 0 spiro atoms. The molecule has 2 fully saturated rings. The minimum absolute atomic E-state index is 0.0151. The van der Waals surface area contributed by atoms with Gasteiger partial charge < -0.3 is 47.7 Å². The Morgan fingerprint density at radius 2 is 0.798 bits per heavy atom. The smallest absolute Gasteiger partial charge is 0.306 e. The lowest BCUT2D eigenvalue weighted by Gasteiger charge is -2.50. The summed E-state index contributed by atoms with van der Waals surface area (Å²) in [6, 6.07) is 57.2. The predicted molar refractivity (Wildman–Crippen MR) is 324 cm³/mol. The Morgan fingerprint density at radius 1 is 0.452 bits per heavy atom. The average molecular weight is 1150 g/mol. The molecule has 6 aromatic carbocycles. The monoisotopic (exact) mass is 1150 g/mol. The van der Waals surface area contributed by atoms with Crippen LogP contribution in [-0.2, 0) is 87.1 Å². The summed E-state index contributed by atoms with van der Waals surface area (Å²) in [5.41, 5.74) is 15.8. The van der Waals surface area contributed by atoms with E-state index in [2.05, 4.69) is 16.9 Å².